The number of hydrogen-bond donors (Lipinski definition) is 2. The molecule has 0 bridgehead atoms. The molecule has 0 spiro atoms. The van der Waals surface area contributed by atoms with Crippen molar-refractivity contribution in [1.29, 1.82) is 0 Å². The van der Waals surface area contributed by atoms with Crippen LogP contribution in [0.2, 0.25) is 0 Å². The molecule has 0 radical (unpaired) electrons. The second-order valence-corrected chi connectivity index (χ2v) is 7.90. The fraction of sp³-hybridized carbons (Fsp3) is 0.522. The van der Waals surface area contributed by atoms with Crippen LogP contribution in [0.5, 0.6) is 5.88 Å². The molecule has 1 amide bonds. The Balaban J connectivity index is 1.98. The molecule has 10 heteroatoms. The summed E-state index contributed by atoms with van der Waals surface area (Å²) in [5.41, 5.74) is 3.74. The Hall–Kier alpha value is -3.27. The molecule has 0 aliphatic carbocycles. The fourth-order valence-electron chi connectivity index (χ4n) is 3.95. The molecule has 3 heterocycles. The number of carbonyl (C=O) groups excluding carboxylic acids is 1. The number of ether oxygens (including phenoxy) is 2. The van der Waals surface area contributed by atoms with Crippen molar-refractivity contribution in [1.82, 2.24) is 20.1 Å². The molecule has 2 aromatic heterocycles. The average Bonchev–Trinajstić information content (AvgIpc) is 3.31. The van der Waals surface area contributed by atoms with Gasteiger partial charge in [0.05, 0.1) is 18.9 Å². The highest BCUT2D eigenvalue weighted by Gasteiger charge is 2.28. The zero-order valence-electron chi connectivity index (χ0n) is 19.6. The molecule has 0 aromatic carbocycles. The lowest BCUT2D eigenvalue weighted by atomic mass is 10.0. The minimum absolute atomic E-state index is 0.0497. The van der Waals surface area contributed by atoms with Gasteiger partial charge in [-0.15, -0.1) is 10.2 Å². The molecule has 2 N–H and O–H groups in total. The molecule has 1 fully saturated rings. The van der Waals surface area contributed by atoms with E-state index in [0.29, 0.717) is 48.7 Å². The molecule has 2 aromatic rings. The van der Waals surface area contributed by atoms with Gasteiger partial charge in [0, 0.05) is 20.2 Å². The van der Waals surface area contributed by atoms with Crippen LogP contribution in [0.3, 0.4) is 0 Å². The van der Waals surface area contributed by atoms with Gasteiger partial charge in [0.2, 0.25) is 5.88 Å². The first-order valence-corrected chi connectivity index (χ1v) is 11.1. The summed E-state index contributed by atoms with van der Waals surface area (Å²) in [5, 5.41) is 20.5. The SMILES string of the molecule is CCCc1cc(C(=O)N2CCC(OC)C2)nnc1-c1cc(CC)c(NCC(=O)O)c(OC)n1. The van der Waals surface area contributed by atoms with Crippen LogP contribution in [0, 0.1) is 0 Å². The second-order valence-electron chi connectivity index (χ2n) is 7.90. The highest BCUT2D eigenvalue weighted by molar-refractivity contribution is 5.93. The van der Waals surface area contributed by atoms with Crippen LogP contribution in [-0.2, 0) is 22.4 Å². The maximum absolute atomic E-state index is 13.0. The number of aliphatic carboxylic acids is 1. The number of carboxylic acids is 1. The van der Waals surface area contributed by atoms with Gasteiger partial charge in [0.1, 0.15) is 17.9 Å². The van der Waals surface area contributed by atoms with E-state index in [-0.39, 0.29) is 24.4 Å². The highest BCUT2D eigenvalue weighted by atomic mass is 16.5. The van der Waals surface area contributed by atoms with Crippen molar-refractivity contribution >= 4 is 17.6 Å². The van der Waals surface area contributed by atoms with E-state index in [1.54, 1.807) is 18.1 Å². The number of carbonyl (C=O) groups is 2. The smallest absolute Gasteiger partial charge is 0.322 e. The predicted molar refractivity (Wildman–Crippen MR) is 123 cm³/mol. The zero-order chi connectivity index (χ0) is 24.0. The number of likely N-dealkylation sites (tertiary alicyclic amines) is 1. The average molecular weight is 458 g/mol. The number of rotatable bonds is 10. The van der Waals surface area contributed by atoms with Crippen LogP contribution in [0.15, 0.2) is 12.1 Å². The van der Waals surface area contributed by atoms with Crippen molar-refractivity contribution in [3.05, 3.63) is 29.0 Å². The van der Waals surface area contributed by atoms with Crippen LogP contribution in [-0.4, -0.2) is 77.0 Å². The first kappa shape index (κ1) is 24.4. The van der Waals surface area contributed by atoms with Crippen molar-refractivity contribution in [2.75, 3.05) is 39.2 Å². The van der Waals surface area contributed by atoms with Gasteiger partial charge in [0.25, 0.3) is 5.91 Å². The third kappa shape index (κ3) is 5.57. The summed E-state index contributed by atoms with van der Waals surface area (Å²) < 4.78 is 10.8. The number of nitrogens with one attached hydrogen (secondary N) is 1. The van der Waals surface area contributed by atoms with Crippen LogP contribution < -0.4 is 10.1 Å². The number of amides is 1. The first-order chi connectivity index (χ1) is 15.9. The van der Waals surface area contributed by atoms with Crippen LogP contribution in [0.1, 0.15) is 48.3 Å². The third-order valence-electron chi connectivity index (χ3n) is 5.68. The quantitative estimate of drug-likeness (QED) is 0.553. The van der Waals surface area contributed by atoms with E-state index in [9.17, 15) is 9.59 Å². The standard InChI is InChI=1S/C23H31N5O5/c1-5-7-15-11-18(23(31)28-9-8-16(13-28)32-3)26-27-20(15)17-10-14(6-2)21(22(25-17)33-4)24-12-19(29)30/h10-11,16,24H,5-9,12-13H2,1-4H3,(H,29,30). The molecule has 1 atom stereocenters. The van der Waals surface area contributed by atoms with Gasteiger partial charge in [-0.1, -0.05) is 20.3 Å². The summed E-state index contributed by atoms with van der Waals surface area (Å²) in [6.07, 6.45) is 3.06. The molecule has 3 rings (SSSR count). The van der Waals surface area contributed by atoms with E-state index >= 15 is 0 Å². The van der Waals surface area contributed by atoms with Crippen molar-refractivity contribution in [3.63, 3.8) is 0 Å². The Morgan fingerprint density at radius 2 is 2.00 bits per heavy atom. The van der Waals surface area contributed by atoms with E-state index in [4.69, 9.17) is 14.6 Å². The lowest BCUT2D eigenvalue weighted by Crippen LogP contribution is -2.31. The summed E-state index contributed by atoms with van der Waals surface area (Å²) >= 11 is 0. The van der Waals surface area contributed by atoms with Crippen molar-refractivity contribution in [2.24, 2.45) is 0 Å². The van der Waals surface area contributed by atoms with Crippen LogP contribution in [0.4, 0.5) is 5.69 Å². The molecule has 1 aliphatic rings. The van der Waals surface area contributed by atoms with Crippen LogP contribution in [0.25, 0.3) is 11.4 Å². The van der Waals surface area contributed by atoms with Gasteiger partial charge in [-0.05, 0) is 42.5 Å². The maximum Gasteiger partial charge on any atom is 0.322 e. The van der Waals surface area contributed by atoms with Gasteiger partial charge < -0.3 is 24.8 Å². The van der Waals surface area contributed by atoms with Crippen molar-refractivity contribution in [3.8, 4) is 17.3 Å². The summed E-state index contributed by atoms with van der Waals surface area (Å²) in [6, 6.07) is 3.66. The Kier molecular flexibility index (Phi) is 8.16. The van der Waals surface area contributed by atoms with Gasteiger partial charge in [-0.2, -0.15) is 0 Å². The van der Waals surface area contributed by atoms with Gasteiger partial charge >= 0.3 is 5.97 Å². The Morgan fingerprint density at radius 3 is 2.61 bits per heavy atom. The molecule has 33 heavy (non-hydrogen) atoms. The van der Waals surface area contributed by atoms with E-state index in [1.165, 1.54) is 7.11 Å². The molecule has 1 unspecified atom stereocenters. The van der Waals surface area contributed by atoms with Crippen molar-refractivity contribution in [2.45, 2.75) is 45.6 Å². The Morgan fingerprint density at radius 1 is 1.21 bits per heavy atom. The summed E-state index contributed by atoms with van der Waals surface area (Å²) in [5.74, 6) is -0.842. The number of anilines is 1. The number of aromatic nitrogens is 3. The van der Waals surface area contributed by atoms with Gasteiger partial charge in [-0.25, -0.2) is 4.98 Å². The lowest BCUT2D eigenvalue weighted by molar-refractivity contribution is -0.134. The zero-order valence-corrected chi connectivity index (χ0v) is 19.6. The Labute approximate surface area is 193 Å². The second kappa shape index (κ2) is 11.0. The largest absolute Gasteiger partial charge is 0.480 e. The van der Waals surface area contributed by atoms with E-state index in [1.807, 2.05) is 13.0 Å². The number of carboxylic acid groups (broad SMARTS) is 1. The van der Waals surface area contributed by atoms with E-state index in [2.05, 4.69) is 27.4 Å². The summed E-state index contributed by atoms with van der Waals surface area (Å²) in [7, 11) is 3.14. The minimum atomic E-state index is -0.977. The first-order valence-electron chi connectivity index (χ1n) is 11.1. The molecule has 0 saturated carbocycles. The minimum Gasteiger partial charge on any atom is -0.480 e. The molecular weight excluding hydrogens is 426 g/mol. The van der Waals surface area contributed by atoms with Crippen LogP contribution >= 0.6 is 0 Å². The van der Waals surface area contributed by atoms with Gasteiger partial charge in [0.15, 0.2) is 5.69 Å². The topological polar surface area (TPSA) is 127 Å². The highest BCUT2D eigenvalue weighted by Crippen LogP contribution is 2.32. The normalized spacial score (nSPS) is 15.5. The number of aryl methyl sites for hydroxylation is 2. The molecule has 1 aliphatic heterocycles. The van der Waals surface area contributed by atoms with E-state index < -0.39 is 5.97 Å². The number of pyridine rings is 1. The summed E-state index contributed by atoms with van der Waals surface area (Å²) in [6.45, 7) is 4.95. The van der Waals surface area contributed by atoms with Gasteiger partial charge in [-0.3, -0.25) is 9.59 Å². The predicted octanol–water partition coefficient (Wildman–Crippen LogP) is 2.42. The third-order valence-corrected chi connectivity index (χ3v) is 5.68. The number of hydrogen-bond acceptors (Lipinski definition) is 8. The maximum atomic E-state index is 13.0. The number of methoxy groups -OCH3 is 2. The van der Waals surface area contributed by atoms with Crippen molar-refractivity contribution < 1.29 is 24.2 Å². The summed E-state index contributed by atoms with van der Waals surface area (Å²) in [4.78, 5) is 30.3. The lowest BCUT2D eigenvalue weighted by Gasteiger charge is -2.18. The molecule has 10 nitrogen and oxygen atoms in total. The molecule has 178 valence electrons. The number of nitrogens with zero attached hydrogens (tertiary/aromatic N) is 4. The fourth-order valence-corrected chi connectivity index (χ4v) is 3.95. The molecule has 1 saturated heterocycles. The van der Waals surface area contributed by atoms with E-state index in [0.717, 1.165) is 24.0 Å². The Bertz CT molecular complexity index is 988. The molecular formula is C23H31N5O5. The monoisotopic (exact) mass is 457 g/mol.